The molecule has 0 saturated carbocycles. The van der Waals surface area contributed by atoms with E-state index in [-0.39, 0.29) is 13.0 Å². The Bertz CT molecular complexity index is 772. The van der Waals surface area contributed by atoms with E-state index in [1.165, 1.54) is 23.5 Å². The highest BCUT2D eigenvalue weighted by Crippen LogP contribution is 2.35. The van der Waals surface area contributed by atoms with E-state index in [9.17, 15) is 26.3 Å². The molecule has 1 N–H and O–H groups in total. The van der Waals surface area contributed by atoms with Crippen LogP contribution in [0.1, 0.15) is 12.8 Å². The van der Waals surface area contributed by atoms with Crippen LogP contribution < -0.4 is 5.32 Å². The lowest BCUT2D eigenvalue weighted by atomic mass is 9.93. The second-order valence-electron chi connectivity index (χ2n) is 6.53. The molecule has 2 aromatic heterocycles. The van der Waals surface area contributed by atoms with Gasteiger partial charge in [-0.2, -0.15) is 26.3 Å². The van der Waals surface area contributed by atoms with Crippen LogP contribution in [-0.2, 0) is 0 Å². The highest BCUT2D eigenvalue weighted by Gasteiger charge is 2.45. The molecule has 0 bridgehead atoms. The average molecular weight is 393 g/mol. The van der Waals surface area contributed by atoms with Crippen molar-refractivity contribution in [2.75, 3.05) is 25.0 Å². The summed E-state index contributed by atoms with van der Waals surface area (Å²) in [5, 5.41) is 2.99. The maximum Gasteiger partial charge on any atom is 0.393 e. The van der Waals surface area contributed by atoms with E-state index < -0.39 is 43.8 Å². The summed E-state index contributed by atoms with van der Waals surface area (Å²) in [4.78, 5) is 13.4. The third kappa shape index (κ3) is 5.18. The molecule has 0 amide bonds. The van der Waals surface area contributed by atoms with Crippen LogP contribution >= 0.6 is 0 Å². The van der Waals surface area contributed by atoms with Crippen LogP contribution in [0.25, 0.3) is 11.2 Å². The predicted octanol–water partition coefficient (Wildman–Crippen LogP) is 3.64. The first-order chi connectivity index (χ1) is 12.6. The summed E-state index contributed by atoms with van der Waals surface area (Å²) < 4.78 is 77.2. The number of likely N-dealkylation sites (tertiary alicyclic amines) is 1. The molecule has 148 valence electrons. The second-order valence-corrected chi connectivity index (χ2v) is 6.53. The Balaban J connectivity index is 1.78. The van der Waals surface area contributed by atoms with Crippen molar-refractivity contribution in [1.82, 2.24) is 19.9 Å². The van der Waals surface area contributed by atoms with E-state index in [1.54, 1.807) is 6.07 Å². The molecule has 1 aliphatic heterocycles. The van der Waals surface area contributed by atoms with Gasteiger partial charge in [0.25, 0.3) is 0 Å². The summed E-state index contributed by atoms with van der Waals surface area (Å²) >= 11 is 0. The number of nitrogens with zero attached hydrogens (tertiary/aromatic N) is 4. The van der Waals surface area contributed by atoms with Crippen LogP contribution in [0.2, 0.25) is 0 Å². The fourth-order valence-electron chi connectivity index (χ4n) is 3.21. The van der Waals surface area contributed by atoms with Crippen LogP contribution in [0.15, 0.2) is 24.7 Å². The van der Waals surface area contributed by atoms with Crippen molar-refractivity contribution in [3.05, 3.63) is 24.7 Å². The first-order valence-electron chi connectivity index (χ1n) is 8.30. The van der Waals surface area contributed by atoms with Gasteiger partial charge in [-0.25, -0.2) is 15.0 Å². The Morgan fingerprint density at radius 1 is 1.00 bits per heavy atom. The summed E-state index contributed by atoms with van der Waals surface area (Å²) in [5.41, 5.74) is 1.19. The quantitative estimate of drug-likeness (QED) is 0.804. The molecule has 11 heteroatoms. The summed E-state index contributed by atoms with van der Waals surface area (Å²) in [6.45, 7) is -0.827. The van der Waals surface area contributed by atoms with Gasteiger partial charge in [0, 0.05) is 44.3 Å². The monoisotopic (exact) mass is 393 g/mol. The maximum absolute atomic E-state index is 13.2. The number of aromatic nitrogens is 3. The van der Waals surface area contributed by atoms with Gasteiger partial charge in [0.15, 0.2) is 5.65 Å². The molecule has 1 aliphatic rings. The molecule has 2 unspecified atom stereocenters. The Hall–Kier alpha value is -2.17. The molecule has 5 nitrogen and oxygen atoms in total. The van der Waals surface area contributed by atoms with Crippen LogP contribution in [0.4, 0.5) is 32.0 Å². The largest absolute Gasteiger partial charge is 0.393 e. The molecule has 0 spiro atoms. The molecular weight excluding hydrogens is 376 g/mol. The van der Waals surface area contributed by atoms with Gasteiger partial charge < -0.3 is 10.2 Å². The van der Waals surface area contributed by atoms with Crippen molar-refractivity contribution in [1.29, 1.82) is 0 Å². The molecule has 27 heavy (non-hydrogen) atoms. The van der Waals surface area contributed by atoms with E-state index in [0.29, 0.717) is 16.9 Å². The number of rotatable bonds is 4. The first kappa shape index (κ1) is 19.6. The molecule has 0 aromatic carbocycles. The van der Waals surface area contributed by atoms with Crippen LogP contribution in [0.5, 0.6) is 0 Å². The Labute approximate surface area is 150 Å². The lowest BCUT2D eigenvalue weighted by Crippen LogP contribution is -2.50. The lowest BCUT2D eigenvalue weighted by Gasteiger charge is -2.39. The number of alkyl halides is 6. The van der Waals surface area contributed by atoms with Gasteiger partial charge in [0.1, 0.15) is 5.52 Å². The number of pyridine rings is 1. The van der Waals surface area contributed by atoms with E-state index >= 15 is 0 Å². The zero-order valence-electron chi connectivity index (χ0n) is 14.1. The van der Waals surface area contributed by atoms with Gasteiger partial charge in [-0.3, -0.25) is 0 Å². The molecule has 1 fully saturated rings. The predicted molar refractivity (Wildman–Crippen MR) is 86.0 cm³/mol. The van der Waals surface area contributed by atoms with Crippen molar-refractivity contribution in [2.24, 2.45) is 5.92 Å². The van der Waals surface area contributed by atoms with Crippen LogP contribution in [-0.4, -0.2) is 57.9 Å². The zero-order valence-corrected chi connectivity index (χ0v) is 14.1. The van der Waals surface area contributed by atoms with Gasteiger partial charge >= 0.3 is 12.4 Å². The molecule has 2 aromatic rings. The topological polar surface area (TPSA) is 53.9 Å². The molecule has 0 radical (unpaired) electrons. The Morgan fingerprint density at radius 2 is 1.70 bits per heavy atom. The number of hydrogen-bond donors (Lipinski definition) is 1. The highest BCUT2D eigenvalue weighted by atomic mass is 19.4. The van der Waals surface area contributed by atoms with Gasteiger partial charge in [0.2, 0.25) is 0 Å². The number of hydrogen-bond acceptors (Lipinski definition) is 5. The number of anilines is 1. The zero-order chi connectivity index (χ0) is 19.7. The van der Waals surface area contributed by atoms with Gasteiger partial charge in [-0.05, 0) is 12.5 Å². The van der Waals surface area contributed by atoms with Crippen molar-refractivity contribution in [3.8, 4) is 0 Å². The third-order valence-electron chi connectivity index (χ3n) is 4.43. The van der Waals surface area contributed by atoms with Gasteiger partial charge in [-0.1, -0.05) is 0 Å². The summed E-state index contributed by atoms with van der Waals surface area (Å²) in [5.74, 6) is -1.70. The first-order valence-corrected chi connectivity index (χ1v) is 8.30. The van der Waals surface area contributed by atoms with E-state index in [2.05, 4.69) is 20.3 Å². The maximum atomic E-state index is 13.2. The highest BCUT2D eigenvalue weighted by molar-refractivity contribution is 5.84. The van der Waals surface area contributed by atoms with Crippen molar-refractivity contribution in [2.45, 2.75) is 31.2 Å². The molecule has 2 atom stereocenters. The van der Waals surface area contributed by atoms with Crippen LogP contribution in [0, 0.1) is 5.92 Å². The number of halogens is 6. The number of fused-ring (bicyclic) bond motifs is 1. The molecule has 3 heterocycles. The number of piperidine rings is 1. The molecular formula is C16H17F6N5. The van der Waals surface area contributed by atoms with E-state index in [1.807, 2.05) is 0 Å². The van der Waals surface area contributed by atoms with E-state index in [4.69, 9.17) is 0 Å². The summed E-state index contributed by atoms with van der Waals surface area (Å²) in [7, 11) is 0. The smallest absolute Gasteiger partial charge is 0.379 e. The fourth-order valence-corrected chi connectivity index (χ4v) is 3.21. The Kier molecular flexibility index (Phi) is 5.41. The minimum Gasteiger partial charge on any atom is -0.379 e. The van der Waals surface area contributed by atoms with Crippen molar-refractivity contribution in [3.63, 3.8) is 0 Å². The lowest BCUT2D eigenvalue weighted by molar-refractivity contribution is -0.189. The van der Waals surface area contributed by atoms with Crippen molar-refractivity contribution < 1.29 is 26.3 Å². The Morgan fingerprint density at radius 3 is 2.41 bits per heavy atom. The van der Waals surface area contributed by atoms with Gasteiger partial charge in [-0.15, -0.1) is 0 Å². The second kappa shape index (κ2) is 7.45. The summed E-state index contributed by atoms with van der Waals surface area (Å²) in [6.07, 6.45) is -5.93. The van der Waals surface area contributed by atoms with Crippen LogP contribution in [0.3, 0.4) is 0 Å². The SMILES string of the molecule is FC(F)(F)CCN1CC(Nc2ccnc3nccnc23)CC(C(F)(F)F)C1. The molecule has 0 aliphatic carbocycles. The van der Waals surface area contributed by atoms with Gasteiger partial charge in [0.05, 0.1) is 18.0 Å². The molecule has 1 saturated heterocycles. The van der Waals surface area contributed by atoms with Crippen molar-refractivity contribution >= 4 is 16.9 Å². The normalized spacial score (nSPS) is 22.1. The molecule has 3 rings (SSSR count). The average Bonchev–Trinajstić information content (AvgIpc) is 2.59. The third-order valence-corrected chi connectivity index (χ3v) is 4.43. The summed E-state index contributed by atoms with van der Waals surface area (Å²) in [6, 6.07) is 0.889. The standard InChI is InChI=1S/C16H17F6N5/c17-15(18,19)2-6-27-8-10(16(20,21)22)7-11(9-27)26-12-1-3-24-14-13(12)23-4-5-25-14/h1,3-5,10-11H,2,6-9H2,(H,24,25,26). The van der Waals surface area contributed by atoms with E-state index in [0.717, 1.165) is 0 Å². The fraction of sp³-hybridized carbons (Fsp3) is 0.562. The minimum atomic E-state index is -4.48. The minimum absolute atomic E-state index is 0.0761. The number of nitrogens with one attached hydrogen (secondary N) is 1.